The van der Waals surface area contributed by atoms with E-state index in [1.165, 1.54) is 0 Å². The molecule has 12 heavy (non-hydrogen) atoms. The van der Waals surface area contributed by atoms with Crippen molar-refractivity contribution in [3.8, 4) is 0 Å². The Hall–Kier alpha value is -0.870. The van der Waals surface area contributed by atoms with Crippen LogP contribution in [-0.2, 0) is 6.54 Å². The second-order valence-corrected chi connectivity index (χ2v) is 3.29. The van der Waals surface area contributed by atoms with Crippen LogP contribution in [0.15, 0.2) is 28.9 Å². The van der Waals surface area contributed by atoms with Gasteiger partial charge in [-0.2, -0.15) is 5.10 Å². The summed E-state index contributed by atoms with van der Waals surface area (Å²) in [6, 6.07) is 5.91. The van der Waals surface area contributed by atoms with E-state index in [1.807, 2.05) is 28.9 Å². The topological polar surface area (TPSA) is 43.3 Å². The second-order valence-electron chi connectivity index (χ2n) is 2.50. The first-order chi connectivity index (χ1) is 5.83. The molecule has 0 saturated heterocycles. The number of fused-ring (bicyclic) bond motifs is 1. The third-order valence-electron chi connectivity index (χ3n) is 1.74. The van der Waals surface area contributed by atoms with Crippen molar-refractivity contribution >= 4 is 21.4 Å². The highest BCUT2D eigenvalue weighted by molar-refractivity contribution is 9.10. The lowest BCUT2D eigenvalue weighted by molar-refractivity contribution is 0.882. The standard InChI is InChI=1S/C8H8BrN3/c9-8-6(5-10)11-12-4-2-1-3-7(8)12/h1-4H,5,10H2. The zero-order valence-electron chi connectivity index (χ0n) is 6.37. The lowest BCUT2D eigenvalue weighted by Gasteiger charge is -1.88. The Labute approximate surface area is 78.3 Å². The molecule has 3 nitrogen and oxygen atoms in total. The predicted octanol–water partition coefficient (Wildman–Crippen LogP) is 1.56. The molecule has 0 aliphatic rings. The van der Waals surface area contributed by atoms with Gasteiger partial charge in [0.05, 0.1) is 15.7 Å². The van der Waals surface area contributed by atoms with Gasteiger partial charge in [0.1, 0.15) is 0 Å². The van der Waals surface area contributed by atoms with Gasteiger partial charge in [0, 0.05) is 12.7 Å². The molecule has 0 aliphatic carbocycles. The third-order valence-corrected chi connectivity index (χ3v) is 2.60. The van der Waals surface area contributed by atoms with Gasteiger partial charge >= 0.3 is 0 Å². The van der Waals surface area contributed by atoms with Crippen LogP contribution in [0.3, 0.4) is 0 Å². The van der Waals surface area contributed by atoms with Gasteiger partial charge in [0.25, 0.3) is 0 Å². The SMILES string of the molecule is NCc1nn2ccccc2c1Br. The van der Waals surface area contributed by atoms with Gasteiger partial charge in [-0.15, -0.1) is 0 Å². The van der Waals surface area contributed by atoms with Crippen molar-refractivity contribution in [1.82, 2.24) is 9.61 Å². The molecule has 0 bridgehead atoms. The second kappa shape index (κ2) is 2.88. The number of aromatic nitrogens is 2. The molecular formula is C8H8BrN3. The first kappa shape index (κ1) is 7.76. The zero-order chi connectivity index (χ0) is 8.55. The third kappa shape index (κ3) is 1.04. The summed E-state index contributed by atoms with van der Waals surface area (Å²) in [7, 11) is 0. The van der Waals surface area contributed by atoms with Gasteiger partial charge in [0.15, 0.2) is 0 Å². The van der Waals surface area contributed by atoms with Crippen LogP contribution in [-0.4, -0.2) is 9.61 Å². The summed E-state index contributed by atoms with van der Waals surface area (Å²) in [5.74, 6) is 0. The Balaban J connectivity index is 2.78. The van der Waals surface area contributed by atoms with Gasteiger partial charge in [-0.05, 0) is 28.1 Å². The van der Waals surface area contributed by atoms with Crippen LogP contribution in [0, 0.1) is 0 Å². The molecule has 0 saturated carbocycles. The minimum atomic E-state index is 0.461. The summed E-state index contributed by atoms with van der Waals surface area (Å²) >= 11 is 3.45. The molecule has 0 atom stereocenters. The number of nitrogens with two attached hydrogens (primary N) is 1. The Morgan fingerprint density at radius 3 is 3.00 bits per heavy atom. The van der Waals surface area contributed by atoms with Crippen LogP contribution in [0.2, 0.25) is 0 Å². The molecule has 2 N–H and O–H groups in total. The van der Waals surface area contributed by atoms with Crippen molar-refractivity contribution in [1.29, 1.82) is 0 Å². The molecule has 2 aromatic heterocycles. The highest BCUT2D eigenvalue weighted by atomic mass is 79.9. The summed E-state index contributed by atoms with van der Waals surface area (Å²) < 4.78 is 2.80. The zero-order valence-corrected chi connectivity index (χ0v) is 7.95. The van der Waals surface area contributed by atoms with Crippen LogP contribution >= 0.6 is 15.9 Å². The van der Waals surface area contributed by atoms with Crippen LogP contribution in [0.4, 0.5) is 0 Å². The number of hydrogen-bond donors (Lipinski definition) is 1. The molecule has 2 heterocycles. The molecule has 2 aromatic rings. The van der Waals surface area contributed by atoms with Crippen molar-refractivity contribution in [2.75, 3.05) is 0 Å². The molecule has 0 aliphatic heterocycles. The average Bonchev–Trinajstić information content (AvgIpc) is 2.44. The lowest BCUT2D eigenvalue weighted by Crippen LogP contribution is -1.97. The fraction of sp³-hybridized carbons (Fsp3) is 0.125. The molecule has 0 fully saturated rings. The van der Waals surface area contributed by atoms with Crippen molar-refractivity contribution in [2.24, 2.45) is 5.73 Å². The van der Waals surface area contributed by atoms with Gasteiger partial charge in [-0.1, -0.05) is 6.07 Å². The monoisotopic (exact) mass is 225 g/mol. The van der Waals surface area contributed by atoms with Gasteiger partial charge in [0.2, 0.25) is 0 Å². The minimum absolute atomic E-state index is 0.461. The summed E-state index contributed by atoms with van der Waals surface area (Å²) in [6.07, 6.45) is 1.90. The van der Waals surface area contributed by atoms with E-state index in [2.05, 4.69) is 21.0 Å². The minimum Gasteiger partial charge on any atom is -0.325 e. The Morgan fingerprint density at radius 2 is 2.33 bits per heavy atom. The van der Waals surface area contributed by atoms with Crippen molar-refractivity contribution in [3.05, 3.63) is 34.6 Å². The summed E-state index contributed by atoms with van der Waals surface area (Å²) in [6.45, 7) is 0.461. The van der Waals surface area contributed by atoms with Crippen molar-refractivity contribution in [2.45, 2.75) is 6.54 Å². The molecule has 4 heteroatoms. The van der Waals surface area contributed by atoms with E-state index in [0.717, 1.165) is 15.7 Å². The Bertz CT molecular complexity index is 408. The quantitative estimate of drug-likeness (QED) is 0.801. The summed E-state index contributed by atoms with van der Waals surface area (Å²) in [5, 5.41) is 4.28. The summed E-state index contributed by atoms with van der Waals surface area (Å²) in [5.41, 5.74) is 7.45. The first-order valence-electron chi connectivity index (χ1n) is 3.64. The van der Waals surface area contributed by atoms with E-state index in [-0.39, 0.29) is 0 Å². The molecular weight excluding hydrogens is 218 g/mol. The number of rotatable bonds is 1. The van der Waals surface area contributed by atoms with E-state index in [9.17, 15) is 0 Å². The van der Waals surface area contributed by atoms with E-state index in [0.29, 0.717) is 6.54 Å². The van der Waals surface area contributed by atoms with E-state index in [1.54, 1.807) is 0 Å². The Kier molecular flexibility index (Phi) is 1.86. The van der Waals surface area contributed by atoms with Crippen LogP contribution in [0.25, 0.3) is 5.52 Å². The fourth-order valence-electron chi connectivity index (χ4n) is 1.15. The van der Waals surface area contributed by atoms with E-state index >= 15 is 0 Å². The normalized spacial score (nSPS) is 10.8. The molecule has 0 radical (unpaired) electrons. The maximum atomic E-state index is 5.51. The fourth-order valence-corrected chi connectivity index (χ4v) is 1.70. The lowest BCUT2D eigenvalue weighted by atomic mass is 10.3. The van der Waals surface area contributed by atoms with E-state index in [4.69, 9.17) is 5.73 Å². The molecule has 0 amide bonds. The maximum Gasteiger partial charge on any atom is 0.0912 e. The molecule has 2 rings (SSSR count). The number of pyridine rings is 1. The number of halogens is 1. The number of hydrogen-bond acceptors (Lipinski definition) is 2. The molecule has 0 spiro atoms. The number of nitrogens with zero attached hydrogens (tertiary/aromatic N) is 2. The van der Waals surface area contributed by atoms with Crippen molar-refractivity contribution < 1.29 is 0 Å². The smallest absolute Gasteiger partial charge is 0.0912 e. The Morgan fingerprint density at radius 1 is 1.50 bits per heavy atom. The average molecular weight is 226 g/mol. The van der Waals surface area contributed by atoms with Crippen LogP contribution in [0.5, 0.6) is 0 Å². The van der Waals surface area contributed by atoms with Gasteiger partial charge < -0.3 is 5.73 Å². The largest absolute Gasteiger partial charge is 0.325 e. The van der Waals surface area contributed by atoms with Gasteiger partial charge in [-0.3, -0.25) is 0 Å². The molecule has 62 valence electrons. The van der Waals surface area contributed by atoms with Crippen molar-refractivity contribution in [3.63, 3.8) is 0 Å². The molecule has 0 unspecified atom stereocenters. The highest BCUT2D eigenvalue weighted by Gasteiger charge is 2.06. The highest BCUT2D eigenvalue weighted by Crippen LogP contribution is 2.21. The first-order valence-corrected chi connectivity index (χ1v) is 4.44. The van der Waals surface area contributed by atoms with Gasteiger partial charge in [-0.25, -0.2) is 4.52 Å². The van der Waals surface area contributed by atoms with E-state index < -0.39 is 0 Å². The van der Waals surface area contributed by atoms with Crippen LogP contribution < -0.4 is 5.73 Å². The maximum absolute atomic E-state index is 5.51. The predicted molar refractivity (Wildman–Crippen MR) is 50.8 cm³/mol. The summed E-state index contributed by atoms with van der Waals surface area (Å²) in [4.78, 5) is 0. The molecule has 0 aromatic carbocycles. The van der Waals surface area contributed by atoms with Crippen LogP contribution in [0.1, 0.15) is 5.69 Å².